The average molecular weight is 614 g/mol. The summed E-state index contributed by atoms with van der Waals surface area (Å²) in [7, 11) is 0. The molecule has 242 valence electrons. The first-order chi connectivity index (χ1) is 20.6. The largest absolute Gasteiger partial charge is 0.481 e. The Morgan fingerprint density at radius 3 is 2.41 bits per heavy atom. The molecule has 0 spiro atoms. The number of nitrogens with zero attached hydrogens (tertiary/aromatic N) is 1. The lowest BCUT2D eigenvalue weighted by molar-refractivity contribution is -0.143. The molecule has 0 saturated heterocycles. The number of aliphatic carboxylic acids is 2. The molecule has 11 nitrogen and oxygen atoms in total. The van der Waals surface area contributed by atoms with Crippen molar-refractivity contribution in [1.29, 1.82) is 0 Å². The number of carbonyl (C=O) groups is 4. The van der Waals surface area contributed by atoms with E-state index in [0.717, 1.165) is 44.2 Å². The van der Waals surface area contributed by atoms with Gasteiger partial charge in [-0.15, -0.1) is 6.42 Å². The van der Waals surface area contributed by atoms with Crippen LogP contribution in [0.5, 0.6) is 0 Å². The summed E-state index contributed by atoms with van der Waals surface area (Å²) in [4.78, 5) is 53.1. The summed E-state index contributed by atoms with van der Waals surface area (Å²) < 4.78 is 0. The van der Waals surface area contributed by atoms with Crippen LogP contribution in [0, 0.1) is 46.8 Å². The highest BCUT2D eigenvalue weighted by atomic mass is 16.6. The van der Waals surface area contributed by atoms with Crippen LogP contribution in [0.25, 0.3) is 0 Å². The second-order valence-corrected chi connectivity index (χ2v) is 14.0. The SMILES string of the molecule is C#C[C@@]1(O)CC[C@@H]2[C@@H]3CCC4=C/C(=N/OCC(=O)N[C@@H](C(=O)N[C@@H](CCC(=O)O)C(=O)O)C(C)C)CC[C@]4(C)[C@@H]3CC[C@@]21C. The summed E-state index contributed by atoms with van der Waals surface area (Å²) >= 11 is 0. The van der Waals surface area contributed by atoms with Gasteiger partial charge in [0.25, 0.3) is 5.91 Å². The molecule has 44 heavy (non-hydrogen) atoms. The third-order valence-electron chi connectivity index (χ3n) is 11.3. The summed E-state index contributed by atoms with van der Waals surface area (Å²) in [5.74, 6) is 0.0444. The molecular weight excluding hydrogens is 566 g/mol. The molecule has 5 N–H and O–H groups in total. The van der Waals surface area contributed by atoms with Crippen LogP contribution in [0.15, 0.2) is 16.8 Å². The minimum atomic E-state index is -1.39. The Hall–Kier alpha value is -3.39. The summed E-state index contributed by atoms with van der Waals surface area (Å²) in [6, 6.07) is -2.42. The van der Waals surface area contributed by atoms with E-state index in [0.29, 0.717) is 30.6 Å². The molecule has 3 fully saturated rings. The fourth-order valence-electron chi connectivity index (χ4n) is 8.61. The molecule has 11 heteroatoms. The number of hydrogen-bond acceptors (Lipinski definition) is 7. The van der Waals surface area contributed by atoms with Crippen LogP contribution in [-0.2, 0) is 24.0 Å². The van der Waals surface area contributed by atoms with Crippen molar-refractivity contribution in [2.24, 2.45) is 39.7 Å². The number of hydrogen-bond donors (Lipinski definition) is 5. The van der Waals surface area contributed by atoms with Gasteiger partial charge in [0.05, 0.1) is 5.71 Å². The minimum absolute atomic E-state index is 0.0492. The molecule has 4 aliphatic carbocycles. The zero-order valence-corrected chi connectivity index (χ0v) is 26.2. The highest BCUT2D eigenvalue weighted by Crippen LogP contribution is 2.67. The molecule has 3 saturated carbocycles. The van der Waals surface area contributed by atoms with Crippen molar-refractivity contribution < 1.29 is 39.3 Å². The molecule has 0 unspecified atom stereocenters. The van der Waals surface area contributed by atoms with Gasteiger partial charge in [0.15, 0.2) is 6.61 Å². The zero-order valence-electron chi connectivity index (χ0n) is 26.2. The fraction of sp³-hybridized carbons (Fsp3) is 0.727. The third kappa shape index (κ3) is 6.37. The Balaban J connectivity index is 1.34. The minimum Gasteiger partial charge on any atom is -0.481 e. The molecular formula is C33H47N3O8. The molecule has 8 atom stereocenters. The van der Waals surface area contributed by atoms with E-state index < -0.39 is 54.5 Å². The maximum Gasteiger partial charge on any atom is 0.326 e. The first-order valence-corrected chi connectivity index (χ1v) is 15.8. The van der Waals surface area contributed by atoms with Crippen molar-refractivity contribution in [2.45, 2.75) is 110 Å². The number of fused-ring (bicyclic) bond motifs is 5. The lowest BCUT2D eigenvalue weighted by Gasteiger charge is -2.58. The molecule has 2 amide bonds. The molecule has 0 heterocycles. The Morgan fingerprint density at radius 1 is 1.07 bits per heavy atom. The number of rotatable bonds is 11. The topological polar surface area (TPSA) is 175 Å². The lowest BCUT2D eigenvalue weighted by atomic mass is 9.46. The molecule has 0 aliphatic heterocycles. The molecule has 0 aromatic rings. The normalized spacial score (nSPS) is 34.8. The summed E-state index contributed by atoms with van der Waals surface area (Å²) in [5.41, 5.74) is 0.931. The number of terminal acetylenes is 1. The van der Waals surface area contributed by atoms with Crippen molar-refractivity contribution in [3.8, 4) is 12.3 Å². The Morgan fingerprint density at radius 2 is 1.77 bits per heavy atom. The van der Waals surface area contributed by atoms with Crippen LogP contribution >= 0.6 is 0 Å². The Kier molecular flexibility index (Phi) is 9.84. The molecule has 4 rings (SSSR count). The Labute approximate surface area is 259 Å². The number of carbonyl (C=O) groups excluding carboxylic acids is 2. The highest BCUT2D eigenvalue weighted by Gasteiger charge is 2.63. The van der Waals surface area contributed by atoms with Gasteiger partial charge in [-0.25, -0.2) is 4.79 Å². The maximum absolute atomic E-state index is 12.8. The van der Waals surface area contributed by atoms with Crippen LogP contribution in [-0.4, -0.2) is 69.1 Å². The number of carboxylic acid groups (broad SMARTS) is 2. The Bertz CT molecular complexity index is 1270. The summed E-state index contributed by atoms with van der Waals surface area (Å²) in [6.45, 7) is 7.55. The van der Waals surface area contributed by atoms with Crippen molar-refractivity contribution in [2.75, 3.05) is 6.61 Å². The number of oxime groups is 1. The first kappa shape index (κ1) is 33.5. The average Bonchev–Trinajstić information content (AvgIpc) is 3.24. The van der Waals surface area contributed by atoms with E-state index in [9.17, 15) is 29.4 Å². The van der Waals surface area contributed by atoms with Gasteiger partial charge in [-0.3, -0.25) is 14.4 Å². The van der Waals surface area contributed by atoms with E-state index in [4.69, 9.17) is 16.4 Å². The number of allylic oxidation sites excluding steroid dienone is 2. The van der Waals surface area contributed by atoms with E-state index in [1.807, 2.05) is 0 Å². The predicted molar refractivity (Wildman–Crippen MR) is 162 cm³/mol. The van der Waals surface area contributed by atoms with Crippen molar-refractivity contribution in [3.05, 3.63) is 11.6 Å². The van der Waals surface area contributed by atoms with Crippen molar-refractivity contribution in [3.63, 3.8) is 0 Å². The molecule has 0 bridgehead atoms. The number of aliphatic hydroxyl groups is 1. The van der Waals surface area contributed by atoms with Gasteiger partial charge in [0.1, 0.15) is 17.7 Å². The van der Waals surface area contributed by atoms with Gasteiger partial charge in [0.2, 0.25) is 5.91 Å². The quantitative estimate of drug-likeness (QED) is 0.174. The van der Waals surface area contributed by atoms with E-state index in [1.165, 1.54) is 5.57 Å². The van der Waals surface area contributed by atoms with Crippen LogP contribution in [0.4, 0.5) is 0 Å². The third-order valence-corrected chi connectivity index (χ3v) is 11.3. The summed E-state index contributed by atoms with van der Waals surface area (Å²) in [5, 5.41) is 38.6. The maximum atomic E-state index is 12.8. The van der Waals surface area contributed by atoms with Gasteiger partial charge in [-0.1, -0.05) is 44.3 Å². The van der Waals surface area contributed by atoms with Gasteiger partial charge < -0.3 is 30.8 Å². The van der Waals surface area contributed by atoms with E-state index in [2.05, 4.69) is 41.6 Å². The first-order valence-electron chi connectivity index (χ1n) is 15.8. The fourth-order valence-corrected chi connectivity index (χ4v) is 8.61. The van der Waals surface area contributed by atoms with Crippen LogP contribution < -0.4 is 10.6 Å². The zero-order chi connectivity index (χ0) is 32.4. The molecule has 0 aromatic heterocycles. The lowest BCUT2D eigenvalue weighted by Crippen LogP contribution is -2.54. The summed E-state index contributed by atoms with van der Waals surface area (Å²) in [6.07, 6.45) is 14.5. The molecule has 4 aliphatic rings. The highest BCUT2D eigenvalue weighted by molar-refractivity contribution is 5.96. The van der Waals surface area contributed by atoms with Crippen LogP contribution in [0.1, 0.15) is 91.9 Å². The second kappa shape index (κ2) is 12.9. The second-order valence-electron chi connectivity index (χ2n) is 14.0. The monoisotopic (exact) mass is 613 g/mol. The predicted octanol–water partition coefficient (Wildman–Crippen LogP) is 3.26. The molecule has 0 aromatic carbocycles. The van der Waals surface area contributed by atoms with E-state index in [-0.39, 0.29) is 23.2 Å². The van der Waals surface area contributed by atoms with E-state index >= 15 is 0 Å². The van der Waals surface area contributed by atoms with Crippen LogP contribution in [0.3, 0.4) is 0 Å². The smallest absolute Gasteiger partial charge is 0.326 e. The van der Waals surface area contributed by atoms with Gasteiger partial charge in [-0.2, -0.15) is 0 Å². The van der Waals surface area contributed by atoms with Gasteiger partial charge >= 0.3 is 11.9 Å². The van der Waals surface area contributed by atoms with Gasteiger partial charge in [0, 0.05) is 11.8 Å². The van der Waals surface area contributed by atoms with Crippen LogP contribution in [0.2, 0.25) is 0 Å². The number of amides is 2. The van der Waals surface area contributed by atoms with E-state index in [1.54, 1.807) is 13.8 Å². The van der Waals surface area contributed by atoms with Crippen molar-refractivity contribution in [1.82, 2.24) is 10.6 Å². The number of carboxylic acids is 2. The standard InChI is InChI=1S/C33H47N3O8/c1-6-33(43)16-13-24-22-8-7-20-17-21(11-14-31(20,4)23(22)12-15-32(24,33)5)36-44-18-26(37)35-28(19(2)3)29(40)34-25(30(41)42)9-10-27(38)39/h1,17,19,22-25,28,43H,7-16,18H2,2-5H3,(H,34,40)(H,35,37)(H,38,39)(H,41,42)/b36-21+/t22-,23-,24-,25+,28-,31+,32+,33-/m1/s1. The number of nitrogens with one attached hydrogen (secondary N) is 2. The van der Waals surface area contributed by atoms with Gasteiger partial charge in [-0.05, 0) is 93.0 Å². The van der Waals surface area contributed by atoms with Crippen molar-refractivity contribution >= 4 is 29.5 Å². The molecule has 0 radical (unpaired) electrons.